The summed E-state index contributed by atoms with van der Waals surface area (Å²) in [4.78, 5) is 26.7. The Labute approximate surface area is 183 Å². The largest absolute Gasteiger partial charge is 0.507 e. The van der Waals surface area contributed by atoms with Crippen LogP contribution in [0.2, 0.25) is 5.02 Å². The first-order chi connectivity index (χ1) is 14.8. The zero-order valence-electron chi connectivity index (χ0n) is 17.1. The van der Waals surface area contributed by atoms with Crippen LogP contribution in [0.4, 0.5) is 0 Å². The number of nitrogens with zero attached hydrogens (tertiary/aromatic N) is 1. The number of esters is 1. The predicted molar refractivity (Wildman–Crippen MR) is 117 cm³/mol. The van der Waals surface area contributed by atoms with Crippen molar-refractivity contribution in [2.24, 2.45) is 0 Å². The van der Waals surface area contributed by atoms with E-state index in [0.717, 1.165) is 0 Å². The third kappa shape index (κ3) is 4.04. The third-order valence-corrected chi connectivity index (χ3v) is 5.86. The molecule has 2 heterocycles. The Kier molecular flexibility index (Phi) is 5.75. The molecule has 1 aliphatic heterocycles. The fourth-order valence-electron chi connectivity index (χ4n) is 4.12. The van der Waals surface area contributed by atoms with E-state index >= 15 is 0 Å². The summed E-state index contributed by atoms with van der Waals surface area (Å²) in [6.45, 7) is 2.34. The van der Waals surface area contributed by atoms with Gasteiger partial charge in [-0.25, -0.2) is 0 Å². The Hall–Kier alpha value is -2.87. The highest BCUT2D eigenvalue weighted by molar-refractivity contribution is 6.33. The number of carbonyl (C=O) groups is 1. The van der Waals surface area contributed by atoms with Crippen LogP contribution in [-0.4, -0.2) is 47.3 Å². The lowest BCUT2D eigenvalue weighted by atomic mass is 9.85. The van der Waals surface area contributed by atoms with E-state index in [0.29, 0.717) is 35.7 Å². The van der Waals surface area contributed by atoms with Gasteiger partial charge in [-0.15, -0.1) is 0 Å². The number of piperidine rings is 1. The molecule has 0 spiro atoms. The van der Waals surface area contributed by atoms with Crippen molar-refractivity contribution < 1.29 is 24.2 Å². The summed E-state index contributed by atoms with van der Waals surface area (Å²) in [6, 6.07) is 9.41. The quantitative estimate of drug-likeness (QED) is 0.471. The first-order valence-corrected chi connectivity index (χ1v) is 10.3. The van der Waals surface area contributed by atoms with Crippen LogP contribution in [-0.2, 0) is 4.79 Å². The minimum Gasteiger partial charge on any atom is -0.507 e. The van der Waals surface area contributed by atoms with Crippen LogP contribution in [0.1, 0.15) is 24.8 Å². The topological polar surface area (TPSA) is 100 Å². The Morgan fingerprint density at radius 2 is 2.03 bits per heavy atom. The molecule has 1 aliphatic rings. The van der Waals surface area contributed by atoms with E-state index in [1.54, 1.807) is 24.3 Å². The molecule has 1 saturated heterocycles. The molecule has 162 valence electrons. The van der Waals surface area contributed by atoms with E-state index < -0.39 is 23.4 Å². The van der Waals surface area contributed by atoms with Crippen LogP contribution in [0.25, 0.3) is 22.3 Å². The number of rotatable bonds is 3. The van der Waals surface area contributed by atoms with Gasteiger partial charge in [0.05, 0.1) is 11.1 Å². The molecule has 1 fully saturated rings. The second-order valence-electron chi connectivity index (χ2n) is 7.78. The fourth-order valence-corrected chi connectivity index (χ4v) is 4.35. The molecule has 0 aliphatic carbocycles. The lowest BCUT2D eigenvalue weighted by Gasteiger charge is -2.34. The number of benzene rings is 2. The molecule has 3 aromatic rings. The number of aliphatic hydroxyl groups is 1. The predicted octanol–water partition coefficient (Wildman–Crippen LogP) is 3.52. The molecule has 1 aromatic heterocycles. The van der Waals surface area contributed by atoms with Crippen LogP contribution in [0, 0.1) is 0 Å². The van der Waals surface area contributed by atoms with Crippen molar-refractivity contribution in [3.05, 3.63) is 57.2 Å². The SMILES string of the molecule is CC(=O)Oc1cc(O)c2c(=O)cc(-c3ccccc3Cl)oc2c1[C@H]1CCN(C)C[C@H]1O. The van der Waals surface area contributed by atoms with Gasteiger partial charge in [0.15, 0.2) is 5.43 Å². The summed E-state index contributed by atoms with van der Waals surface area (Å²) in [5.41, 5.74) is 0.504. The van der Waals surface area contributed by atoms with Crippen molar-refractivity contribution in [2.45, 2.75) is 25.4 Å². The van der Waals surface area contributed by atoms with E-state index in [-0.39, 0.29) is 28.2 Å². The van der Waals surface area contributed by atoms with Crippen molar-refractivity contribution in [3.8, 4) is 22.8 Å². The molecule has 0 amide bonds. The molecule has 7 nitrogen and oxygen atoms in total. The number of halogens is 1. The molecule has 2 aromatic carbocycles. The molecule has 0 unspecified atom stereocenters. The monoisotopic (exact) mass is 443 g/mol. The highest BCUT2D eigenvalue weighted by Gasteiger charge is 2.34. The zero-order valence-corrected chi connectivity index (χ0v) is 17.8. The maximum atomic E-state index is 13.0. The molecule has 4 rings (SSSR count). The van der Waals surface area contributed by atoms with Crippen LogP contribution in [0.3, 0.4) is 0 Å². The van der Waals surface area contributed by atoms with Gasteiger partial charge in [-0.1, -0.05) is 23.7 Å². The number of β-amino-alcohol motifs (C(OH)–C–C–N with tert-alkyl or cyclic N) is 1. The van der Waals surface area contributed by atoms with Crippen LogP contribution >= 0.6 is 11.6 Å². The van der Waals surface area contributed by atoms with E-state index in [1.807, 2.05) is 11.9 Å². The number of aliphatic hydroxyl groups excluding tert-OH is 1. The highest BCUT2D eigenvalue weighted by Crippen LogP contribution is 2.43. The summed E-state index contributed by atoms with van der Waals surface area (Å²) in [7, 11) is 1.90. The minimum absolute atomic E-state index is 0.0344. The fraction of sp³-hybridized carbons (Fsp3) is 0.304. The molecule has 0 radical (unpaired) electrons. The second-order valence-corrected chi connectivity index (χ2v) is 8.19. The number of fused-ring (bicyclic) bond motifs is 1. The number of hydrogen-bond donors (Lipinski definition) is 2. The molecule has 8 heteroatoms. The van der Waals surface area contributed by atoms with Gasteiger partial charge in [-0.05, 0) is 32.1 Å². The Morgan fingerprint density at radius 1 is 1.29 bits per heavy atom. The molecular weight excluding hydrogens is 422 g/mol. The number of phenols is 1. The number of likely N-dealkylation sites (N-methyl/N-ethyl adjacent to an activating group) is 1. The number of hydrogen-bond acceptors (Lipinski definition) is 7. The van der Waals surface area contributed by atoms with Gasteiger partial charge in [0.2, 0.25) is 0 Å². The van der Waals surface area contributed by atoms with Crippen molar-refractivity contribution in [2.75, 3.05) is 20.1 Å². The van der Waals surface area contributed by atoms with Gasteiger partial charge in [0.1, 0.15) is 28.2 Å². The van der Waals surface area contributed by atoms with Crippen molar-refractivity contribution in [1.82, 2.24) is 4.90 Å². The molecule has 0 saturated carbocycles. The Bertz CT molecular complexity index is 1220. The zero-order chi connectivity index (χ0) is 22.3. The average molecular weight is 444 g/mol. The number of carbonyl (C=O) groups excluding carboxylic acids is 1. The second kappa shape index (κ2) is 8.34. The maximum Gasteiger partial charge on any atom is 0.308 e. The number of likely N-dealkylation sites (tertiary alicyclic amines) is 1. The Balaban J connectivity index is 2.04. The summed E-state index contributed by atoms with van der Waals surface area (Å²) in [6.07, 6.45) is -0.235. The molecule has 2 atom stereocenters. The summed E-state index contributed by atoms with van der Waals surface area (Å²) >= 11 is 6.30. The van der Waals surface area contributed by atoms with E-state index in [4.69, 9.17) is 20.8 Å². The summed E-state index contributed by atoms with van der Waals surface area (Å²) in [5.74, 6) is -1.14. The maximum absolute atomic E-state index is 13.0. The number of ether oxygens (including phenoxy) is 1. The van der Waals surface area contributed by atoms with Gasteiger partial charge < -0.3 is 24.3 Å². The first kappa shape index (κ1) is 21.4. The van der Waals surface area contributed by atoms with Gasteiger partial charge >= 0.3 is 5.97 Å². The Morgan fingerprint density at radius 3 is 2.71 bits per heavy atom. The van der Waals surface area contributed by atoms with Crippen LogP contribution in [0.15, 0.2) is 45.6 Å². The number of aromatic hydroxyl groups is 1. The molecular formula is C23H22ClNO6. The van der Waals surface area contributed by atoms with E-state index in [1.165, 1.54) is 19.1 Å². The van der Waals surface area contributed by atoms with Crippen molar-refractivity contribution in [1.29, 1.82) is 0 Å². The van der Waals surface area contributed by atoms with Crippen LogP contribution < -0.4 is 10.2 Å². The van der Waals surface area contributed by atoms with Crippen LogP contribution in [0.5, 0.6) is 11.5 Å². The average Bonchev–Trinajstić information content (AvgIpc) is 2.68. The highest BCUT2D eigenvalue weighted by atomic mass is 35.5. The van der Waals surface area contributed by atoms with E-state index in [2.05, 4.69) is 0 Å². The van der Waals surface area contributed by atoms with Gasteiger partial charge in [-0.2, -0.15) is 0 Å². The molecule has 2 N–H and O–H groups in total. The molecule has 31 heavy (non-hydrogen) atoms. The lowest BCUT2D eigenvalue weighted by molar-refractivity contribution is -0.132. The number of phenolic OH excluding ortho intramolecular Hbond substituents is 1. The smallest absolute Gasteiger partial charge is 0.308 e. The first-order valence-electron chi connectivity index (χ1n) is 9.90. The summed E-state index contributed by atoms with van der Waals surface area (Å²) in [5, 5.41) is 21.7. The van der Waals surface area contributed by atoms with Crippen molar-refractivity contribution in [3.63, 3.8) is 0 Å². The lowest BCUT2D eigenvalue weighted by Crippen LogP contribution is -2.40. The van der Waals surface area contributed by atoms with Gasteiger partial charge in [0.25, 0.3) is 0 Å². The standard InChI is InChI=1S/C23H22ClNO6/c1-12(26)30-20-10-17(28)22-16(27)9-19(13-5-3-4-6-15(13)24)31-23(22)21(20)14-7-8-25(2)11-18(14)29/h3-6,9-10,14,18,28-29H,7-8,11H2,1-2H3/t14-,18+/m0/s1. The minimum atomic E-state index is -0.782. The molecule has 0 bridgehead atoms. The van der Waals surface area contributed by atoms with Gasteiger partial charge in [-0.3, -0.25) is 9.59 Å². The van der Waals surface area contributed by atoms with E-state index in [9.17, 15) is 19.8 Å². The van der Waals surface area contributed by atoms with Gasteiger partial charge in [0, 0.05) is 42.6 Å². The summed E-state index contributed by atoms with van der Waals surface area (Å²) < 4.78 is 11.5. The van der Waals surface area contributed by atoms with Crippen molar-refractivity contribution >= 4 is 28.5 Å². The third-order valence-electron chi connectivity index (χ3n) is 5.53. The normalized spacial score (nSPS) is 19.5.